The molecule has 108 valence electrons. The van der Waals surface area contributed by atoms with Crippen molar-refractivity contribution in [3.63, 3.8) is 0 Å². The minimum atomic E-state index is -0.309. The van der Waals surface area contributed by atoms with Gasteiger partial charge in [-0.2, -0.15) is 5.26 Å². The molecule has 0 atom stereocenters. The van der Waals surface area contributed by atoms with Gasteiger partial charge in [0.15, 0.2) is 11.5 Å². The van der Waals surface area contributed by atoms with E-state index in [1.807, 2.05) is 6.07 Å². The fourth-order valence-electron chi connectivity index (χ4n) is 1.70. The second-order valence-corrected chi connectivity index (χ2v) is 4.13. The lowest BCUT2D eigenvalue weighted by atomic mass is 10.2. The first kappa shape index (κ1) is 14.7. The molecule has 0 spiro atoms. The van der Waals surface area contributed by atoms with Gasteiger partial charge in [-0.25, -0.2) is 4.39 Å². The molecule has 0 aliphatic carbocycles. The molecular weight excluding hydrogens is 273 g/mol. The van der Waals surface area contributed by atoms with Gasteiger partial charge in [-0.05, 0) is 36.4 Å². The highest BCUT2D eigenvalue weighted by molar-refractivity contribution is 5.46. The lowest BCUT2D eigenvalue weighted by Gasteiger charge is -2.11. The lowest BCUT2D eigenvalue weighted by Crippen LogP contribution is -2.09. The molecule has 0 N–H and O–H groups in total. The van der Waals surface area contributed by atoms with Crippen molar-refractivity contribution >= 4 is 0 Å². The van der Waals surface area contributed by atoms with Crippen LogP contribution in [0.15, 0.2) is 42.5 Å². The molecule has 0 aromatic heterocycles. The molecule has 0 aliphatic rings. The van der Waals surface area contributed by atoms with Gasteiger partial charge >= 0.3 is 0 Å². The Morgan fingerprint density at radius 2 is 1.71 bits per heavy atom. The number of methoxy groups -OCH3 is 1. The second kappa shape index (κ2) is 7.15. The molecule has 0 amide bonds. The Hall–Kier alpha value is -2.74. The fourth-order valence-corrected chi connectivity index (χ4v) is 1.70. The van der Waals surface area contributed by atoms with E-state index in [0.717, 1.165) is 0 Å². The highest BCUT2D eigenvalue weighted by atomic mass is 19.1. The normalized spacial score (nSPS) is 9.76. The molecule has 2 rings (SSSR count). The summed E-state index contributed by atoms with van der Waals surface area (Å²) in [4.78, 5) is 0. The number of nitriles is 1. The molecule has 0 saturated heterocycles. The van der Waals surface area contributed by atoms with E-state index in [0.29, 0.717) is 29.4 Å². The Balaban J connectivity index is 1.88. The Kier molecular flexibility index (Phi) is 4.99. The molecular formula is C16H14FNO3. The Bertz CT molecular complexity index is 635. The molecule has 2 aromatic carbocycles. The van der Waals surface area contributed by atoms with Gasteiger partial charge in [-0.15, -0.1) is 0 Å². The van der Waals surface area contributed by atoms with E-state index in [4.69, 9.17) is 19.5 Å². The van der Waals surface area contributed by atoms with Crippen molar-refractivity contribution in [2.24, 2.45) is 0 Å². The summed E-state index contributed by atoms with van der Waals surface area (Å²) in [5.74, 6) is 1.30. The van der Waals surface area contributed by atoms with Crippen LogP contribution >= 0.6 is 0 Å². The molecule has 0 bridgehead atoms. The third-order valence-corrected chi connectivity index (χ3v) is 2.72. The summed E-state index contributed by atoms with van der Waals surface area (Å²) in [5.41, 5.74) is 0.491. The number of hydrogen-bond acceptors (Lipinski definition) is 4. The second-order valence-electron chi connectivity index (χ2n) is 4.13. The zero-order valence-corrected chi connectivity index (χ0v) is 11.5. The molecule has 2 aromatic rings. The fraction of sp³-hybridized carbons (Fsp3) is 0.188. The van der Waals surface area contributed by atoms with Crippen LogP contribution in [-0.2, 0) is 0 Å². The smallest absolute Gasteiger partial charge is 0.162 e. The van der Waals surface area contributed by atoms with Gasteiger partial charge in [-0.1, -0.05) is 0 Å². The van der Waals surface area contributed by atoms with E-state index < -0.39 is 0 Å². The summed E-state index contributed by atoms with van der Waals surface area (Å²) in [6.45, 7) is 0.578. The topological polar surface area (TPSA) is 51.5 Å². The average molecular weight is 287 g/mol. The molecule has 5 heteroatoms. The maximum atomic E-state index is 12.7. The quantitative estimate of drug-likeness (QED) is 0.766. The van der Waals surface area contributed by atoms with Crippen LogP contribution in [0.3, 0.4) is 0 Å². The molecule has 0 radical (unpaired) electrons. The van der Waals surface area contributed by atoms with Crippen LogP contribution in [0.5, 0.6) is 17.2 Å². The van der Waals surface area contributed by atoms with Gasteiger partial charge < -0.3 is 14.2 Å². The highest BCUT2D eigenvalue weighted by Gasteiger charge is 2.05. The predicted molar refractivity (Wildman–Crippen MR) is 75.1 cm³/mol. The minimum absolute atomic E-state index is 0.280. The summed E-state index contributed by atoms with van der Waals surface area (Å²) < 4.78 is 28.8. The summed E-state index contributed by atoms with van der Waals surface area (Å²) in [6, 6.07) is 12.7. The molecule has 0 heterocycles. The van der Waals surface area contributed by atoms with Crippen molar-refractivity contribution in [1.82, 2.24) is 0 Å². The predicted octanol–water partition coefficient (Wildman–Crippen LogP) is 3.16. The third-order valence-electron chi connectivity index (χ3n) is 2.72. The van der Waals surface area contributed by atoms with Crippen molar-refractivity contribution < 1.29 is 18.6 Å². The van der Waals surface area contributed by atoms with E-state index in [1.165, 1.54) is 19.2 Å². The standard InChI is InChI=1S/C16H14FNO3/c1-19-15-7-2-12(11-18)10-16(15)21-9-8-20-14-5-3-13(17)4-6-14/h2-7,10H,8-9H2,1H3. The first-order valence-electron chi connectivity index (χ1n) is 6.32. The Morgan fingerprint density at radius 1 is 1.00 bits per heavy atom. The van der Waals surface area contributed by atoms with Crippen LogP contribution in [0.1, 0.15) is 5.56 Å². The van der Waals surface area contributed by atoms with E-state index in [1.54, 1.807) is 30.3 Å². The van der Waals surface area contributed by atoms with Gasteiger partial charge in [0.1, 0.15) is 24.8 Å². The van der Waals surface area contributed by atoms with Gasteiger partial charge in [-0.3, -0.25) is 0 Å². The average Bonchev–Trinajstić information content (AvgIpc) is 2.53. The zero-order valence-electron chi connectivity index (χ0n) is 11.5. The molecule has 21 heavy (non-hydrogen) atoms. The van der Waals surface area contributed by atoms with Crippen LogP contribution in [0.4, 0.5) is 4.39 Å². The number of halogens is 1. The lowest BCUT2D eigenvalue weighted by molar-refractivity contribution is 0.211. The highest BCUT2D eigenvalue weighted by Crippen LogP contribution is 2.27. The number of nitrogens with zero attached hydrogens (tertiary/aromatic N) is 1. The van der Waals surface area contributed by atoms with Crippen molar-refractivity contribution in [2.75, 3.05) is 20.3 Å². The third kappa shape index (κ3) is 4.11. The largest absolute Gasteiger partial charge is 0.493 e. The maximum Gasteiger partial charge on any atom is 0.162 e. The summed E-state index contributed by atoms with van der Waals surface area (Å²) >= 11 is 0. The minimum Gasteiger partial charge on any atom is -0.493 e. The SMILES string of the molecule is COc1ccc(C#N)cc1OCCOc1ccc(F)cc1. The number of benzene rings is 2. The Labute approximate surface area is 122 Å². The molecule has 0 fully saturated rings. The Morgan fingerprint density at radius 3 is 2.38 bits per heavy atom. The molecule has 4 nitrogen and oxygen atoms in total. The van der Waals surface area contributed by atoms with Crippen LogP contribution in [0, 0.1) is 17.1 Å². The monoisotopic (exact) mass is 287 g/mol. The van der Waals surface area contributed by atoms with Crippen molar-refractivity contribution in [3.05, 3.63) is 53.8 Å². The summed E-state index contributed by atoms with van der Waals surface area (Å²) in [5, 5.41) is 8.87. The van der Waals surface area contributed by atoms with Crippen molar-refractivity contribution in [2.45, 2.75) is 0 Å². The van der Waals surface area contributed by atoms with Crippen molar-refractivity contribution in [1.29, 1.82) is 5.26 Å². The van der Waals surface area contributed by atoms with E-state index in [-0.39, 0.29) is 12.4 Å². The summed E-state index contributed by atoms with van der Waals surface area (Å²) in [7, 11) is 1.53. The maximum absolute atomic E-state index is 12.7. The van der Waals surface area contributed by atoms with E-state index >= 15 is 0 Å². The zero-order chi connectivity index (χ0) is 15.1. The first-order chi connectivity index (χ1) is 10.2. The van der Waals surface area contributed by atoms with Gasteiger partial charge in [0, 0.05) is 6.07 Å². The van der Waals surface area contributed by atoms with Crippen molar-refractivity contribution in [3.8, 4) is 23.3 Å². The van der Waals surface area contributed by atoms with Gasteiger partial charge in [0.2, 0.25) is 0 Å². The number of ether oxygens (including phenoxy) is 3. The molecule has 0 saturated carbocycles. The van der Waals surface area contributed by atoms with Crippen LogP contribution in [0.25, 0.3) is 0 Å². The first-order valence-corrected chi connectivity index (χ1v) is 6.32. The van der Waals surface area contributed by atoms with E-state index in [2.05, 4.69) is 0 Å². The summed E-state index contributed by atoms with van der Waals surface area (Å²) in [6.07, 6.45) is 0. The number of hydrogen-bond donors (Lipinski definition) is 0. The number of rotatable bonds is 6. The molecule has 0 unspecified atom stereocenters. The van der Waals surface area contributed by atoms with Crippen LogP contribution < -0.4 is 14.2 Å². The van der Waals surface area contributed by atoms with Gasteiger partial charge in [0.25, 0.3) is 0 Å². The molecule has 0 aliphatic heterocycles. The van der Waals surface area contributed by atoms with Gasteiger partial charge in [0.05, 0.1) is 18.7 Å². The van der Waals surface area contributed by atoms with Crippen LogP contribution in [0.2, 0.25) is 0 Å². The van der Waals surface area contributed by atoms with E-state index in [9.17, 15) is 4.39 Å². The van der Waals surface area contributed by atoms with Crippen LogP contribution in [-0.4, -0.2) is 20.3 Å².